The standard InChI is InChI=1S/C25H26F3N5O2S/c1-32-11-13-33(14-12-32)23-16-18(25(26,27)28)4-7-22(23)21-6-3-17-15-19(5-8-20(17)21)36(34,35)31-24-29-9-2-10-30-24/h2,4-5,7-10,15-16,21H,3,6,11-14H2,1H3,(H,29,30,31). The summed E-state index contributed by atoms with van der Waals surface area (Å²) in [7, 11) is -1.88. The van der Waals surface area contributed by atoms with Gasteiger partial charge in [0, 0.05) is 50.2 Å². The molecule has 0 bridgehead atoms. The predicted molar refractivity (Wildman–Crippen MR) is 131 cm³/mol. The number of piperazine rings is 1. The van der Waals surface area contributed by atoms with Gasteiger partial charge in [0.15, 0.2) is 0 Å². The van der Waals surface area contributed by atoms with Gasteiger partial charge in [0.25, 0.3) is 10.0 Å². The zero-order valence-corrected chi connectivity index (χ0v) is 20.5. The van der Waals surface area contributed by atoms with Crippen LogP contribution in [0.3, 0.4) is 0 Å². The van der Waals surface area contributed by atoms with Crippen LogP contribution in [-0.4, -0.2) is 56.5 Å². The predicted octanol–water partition coefficient (Wildman–Crippen LogP) is 4.13. The molecule has 36 heavy (non-hydrogen) atoms. The van der Waals surface area contributed by atoms with Crippen molar-refractivity contribution in [1.29, 1.82) is 0 Å². The molecule has 190 valence electrons. The lowest BCUT2D eigenvalue weighted by Crippen LogP contribution is -2.45. The molecular weight excluding hydrogens is 491 g/mol. The summed E-state index contributed by atoms with van der Waals surface area (Å²) in [6.45, 7) is 2.84. The molecule has 1 aliphatic carbocycles. The van der Waals surface area contributed by atoms with E-state index in [-0.39, 0.29) is 16.8 Å². The van der Waals surface area contributed by atoms with Gasteiger partial charge in [-0.3, -0.25) is 0 Å². The summed E-state index contributed by atoms with van der Waals surface area (Å²) in [5, 5.41) is 0. The molecule has 2 aromatic carbocycles. The molecule has 5 rings (SSSR count). The fourth-order valence-corrected chi connectivity index (χ4v) is 5.96. The first kappa shape index (κ1) is 24.5. The van der Waals surface area contributed by atoms with E-state index in [1.807, 2.05) is 11.9 Å². The van der Waals surface area contributed by atoms with E-state index in [0.717, 1.165) is 35.8 Å². The zero-order chi connectivity index (χ0) is 25.5. The van der Waals surface area contributed by atoms with Crippen LogP contribution in [0.15, 0.2) is 59.8 Å². The van der Waals surface area contributed by atoms with Crippen LogP contribution in [0.1, 0.15) is 34.6 Å². The fraction of sp³-hybridized carbons (Fsp3) is 0.360. The Hall–Kier alpha value is -3.18. The zero-order valence-electron chi connectivity index (χ0n) is 19.7. The Morgan fingerprint density at radius 3 is 2.36 bits per heavy atom. The first-order valence-electron chi connectivity index (χ1n) is 11.7. The summed E-state index contributed by atoms with van der Waals surface area (Å²) >= 11 is 0. The second-order valence-corrected chi connectivity index (χ2v) is 10.9. The number of benzene rings is 2. The highest BCUT2D eigenvalue weighted by Gasteiger charge is 2.34. The maximum absolute atomic E-state index is 13.6. The number of nitrogens with zero attached hydrogens (tertiary/aromatic N) is 4. The van der Waals surface area contributed by atoms with E-state index in [4.69, 9.17) is 0 Å². The maximum Gasteiger partial charge on any atom is 0.416 e. The number of aromatic nitrogens is 2. The Balaban J connectivity index is 1.48. The number of halogens is 3. The van der Waals surface area contributed by atoms with E-state index in [9.17, 15) is 21.6 Å². The number of anilines is 2. The fourth-order valence-electron chi connectivity index (χ4n) is 4.95. The highest BCUT2D eigenvalue weighted by atomic mass is 32.2. The molecule has 1 atom stereocenters. The van der Waals surface area contributed by atoms with Gasteiger partial charge in [0.05, 0.1) is 10.5 Å². The van der Waals surface area contributed by atoms with E-state index in [1.165, 1.54) is 24.5 Å². The third-order valence-electron chi connectivity index (χ3n) is 6.87. The van der Waals surface area contributed by atoms with Gasteiger partial charge >= 0.3 is 6.18 Å². The normalized spacial score (nSPS) is 18.8. The van der Waals surface area contributed by atoms with Crippen molar-refractivity contribution in [2.45, 2.75) is 29.8 Å². The lowest BCUT2D eigenvalue weighted by atomic mass is 9.90. The molecule has 2 aliphatic rings. The molecule has 11 heteroatoms. The molecule has 1 aliphatic heterocycles. The van der Waals surface area contributed by atoms with E-state index >= 15 is 0 Å². The van der Waals surface area contributed by atoms with E-state index in [2.05, 4.69) is 19.6 Å². The summed E-state index contributed by atoms with van der Waals surface area (Å²) in [6.07, 6.45) is -0.207. The highest BCUT2D eigenvalue weighted by molar-refractivity contribution is 7.92. The Morgan fingerprint density at radius 2 is 1.67 bits per heavy atom. The van der Waals surface area contributed by atoms with Crippen LogP contribution in [0.2, 0.25) is 0 Å². The SMILES string of the molecule is CN1CCN(c2cc(C(F)(F)F)ccc2C2CCc3cc(S(=O)(=O)Nc4ncccn4)ccc32)CC1. The molecule has 0 saturated carbocycles. The third-order valence-corrected chi connectivity index (χ3v) is 8.20. The van der Waals surface area contributed by atoms with Gasteiger partial charge in [-0.15, -0.1) is 0 Å². The molecule has 0 spiro atoms. The summed E-state index contributed by atoms with van der Waals surface area (Å²) in [5.74, 6) is -0.128. The van der Waals surface area contributed by atoms with Crippen molar-refractivity contribution in [3.05, 3.63) is 77.1 Å². The topological polar surface area (TPSA) is 78.4 Å². The van der Waals surface area contributed by atoms with Crippen molar-refractivity contribution in [2.75, 3.05) is 42.8 Å². The molecule has 2 heterocycles. The quantitative estimate of drug-likeness (QED) is 0.549. The summed E-state index contributed by atoms with van der Waals surface area (Å²) in [4.78, 5) is 12.1. The Morgan fingerprint density at radius 1 is 0.972 bits per heavy atom. The molecule has 1 aromatic heterocycles. The first-order chi connectivity index (χ1) is 17.1. The van der Waals surface area contributed by atoms with Gasteiger partial charge in [-0.2, -0.15) is 13.2 Å². The molecule has 3 aromatic rings. The van der Waals surface area contributed by atoms with Crippen LogP contribution in [0.25, 0.3) is 0 Å². The molecule has 1 unspecified atom stereocenters. The lowest BCUT2D eigenvalue weighted by Gasteiger charge is -2.36. The van der Waals surface area contributed by atoms with Gasteiger partial charge < -0.3 is 9.80 Å². The molecule has 1 saturated heterocycles. The molecule has 0 radical (unpaired) electrons. The minimum Gasteiger partial charge on any atom is -0.369 e. The Labute approximate surface area is 208 Å². The molecule has 0 amide bonds. The summed E-state index contributed by atoms with van der Waals surface area (Å²) in [5.41, 5.74) is 2.61. The van der Waals surface area contributed by atoms with Crippen molar-refractivity contribution >= 4 is 21.7 Å². The van der Waals surface area contributed by atoms with E-state index in [1.54, 1.807) is 24.3 Å². The summed E-state index contributed by atoms with van der Waals surface area (Å²) < 4.78 is 68.8. The number of rotatable bonds is 5. The van der Waals surface area contributed by atoms with Crippen molar-refractivity contribution < 1.29 is 21.6 Å². The van der Waals surface area contributed by atoms with Crippen LogP contribution in [0, 0.1) is 0 Å². The van der Waals surface area contributed by atoms with Crippen LogP contribution in [-0.2, 0) is 22.6 Å². The lowest BCUT2D eigenvalue weighted by molar-refractivity contribution is -0.137. The molecule has 1 fully saturated rings. The van der Waals surface area contributed by atoms with Gasteiger partial charge in [0.2, 0.25) is 5.95 Å². The number of alkyl halides is 3. The smallest absolute Gasteiger partial charge is 0.369 e. The minimum absolute atomic E-state index is 0.0163. The number of hydrogen-bond acceptors (Lipinski definition) is 6. The summed E-state index contributed by atoms with van der Waals surface area (Å²) in [6, 6.07) is 10.5. The van der Waals surface area contributed by atoms with Crippen molar-refractivity contribution in [2.24, 2.45) is 0 Å². The number of aryl methyl sites for hydroxylation is 1. The maximum atomic E-state index is 13.6. The second-order valence-electron chi connectivity index (χ2n) is 9.19. The number of fused-ring (bicyclic) bond motifs is 1. The minimum atomic E-state index is -4.42. The second kappa shape index (κ2) is 9.36. The highest BCUT2D eigenvalue weighted by Crippen LogP contribution is 2.44. The molecule has 7 nitrogen and oxygen atoms in total. The van der Waals surface area contributed by atoms with E-state index in [0.29, 0.717) is 31.6 Å². The average Bonchev–Trinajstić information content (AvgIpc) is 3.27. The van der Waals surface area contributed by atoms with Crippen LogP contribution in [0.4, 0.5) is 24.8 Å². The van der Waals surface area contributed by atoms with Gasteiger partial charge in [-0.25, -0.2) is 23.1 Å². The van der Waals surface area contributed by atoms with Crippen LogP contribution >= 0.6 is 0 Å². The van der Waals surface area contributed by atoms with Crippen LogP contribution < -0.4 is 9.62 Å². The van der Waals surface area contributed by atoms with Gasteiger partial charge in [0.1, 0.15) is 0 Å². The van der Waals surface area contributed by atoms with Crippen molar-refractivity contribution in [3.8, 4) is 0 Å². The Kier molecular flexibility index (Phi) is 6.37. The molecule has 1 N–H and O–H groups in total. The number of hydrogen-bond donors (Lipinski definition) is 1. The number of sulfonamides is 1. The van der Waals surface area contributed by atoms with Crippen LogP contribution in [0.5, 0.6) is 0 Å². The monoisotopic (exact) mass is 517 g/mol. The molecular formula is C25H26F3N5O2S. The largest absolute Gasteiger partial charge is 0.416 e. The van der Waals surface area contributed by atoms with Crippen molar-refractivity contribution in [1.82, 2.24) is 14.9 Å². The van der Waals surface area contributed by atoms with Gasteiger partial charge in [-0.1, -0.05) is 12.1 Å². The van der Waals surface area contributed by atoms with Gasteiger partial charge in [-0.05, 0) is 66.9 Å². The van der Waals surface area contributed by atoms with E-state index < -0.39 is 21.8 Å². The third kappa shape index (κ3) is 4.90. The Bertz CT molecular complexity index is 1360. The van der Waals surface area contributed by atoms with Crippen molar-refractivity contribution in [3.63, 3.8) is 0 Å². The number of likely N-dealkylation sites (N-methyl/N-ethyl adjacent to an activating group) is 1. The average molecular weight is 518 g/mol. The first-order valence-corrected chi connectivity index (χ1v) is 13.2. The number of nitrogens with one attached hydrogen (secondary N) is 1.